The number of rotatable bonds is 1. The van der Waals surface area contributed by atoms with E-state index in [4.69, 9.17) is 0 Å². The van der Waals surface area contributed by atoms with Crippen LogP contribution >= 0.6 is 0 Å². The largest absolute Gasteiger partial charge is 0.338 e. The summed E-state index contributed by atoms with van der Waals surface area (Å²) in [5.41, 5.74) is 2.68. The normalized spacial score (nSPS) is 32.4. The molecule has 2 unspecified atom stereocenters. The molecule has 3 nitrogen and oxygen atoms in total. The van der Waals surface area contributed by atoms with Gasteiger partial charge in [-0.1, -0.05) is 24.3 Å². The molecule has 19 heavy (non-hydrogen) atoms. The van der Waals surface area contributed by atoms with Crippen molar-refractivity contribution >= 4 is 5.91 Å². The minimum Gasteiger partial charge on any atom is -0.338 e. The molecule has 1 aliphatic carbocycles. The molecule has 4 rings (SSSR count). The molecule has 1 amide bonds. The maximum absolute atomic E-state index is 12.7. The Bertz CT molecular complexity index is 513. The lowest BCUT2D eigenvalue weighted by Crippen LogP contribution is -2.51. The Morgan fingerprint density at radius 1 is 1.21 bits per heavy atom. The van der Waals surface area contributed by atoms with Crippen molar-refractivity contribution < 1.29 is 4.79 Å². The molecular formula is C16H20N2O. The zero-order chi connectivity index (χ0) is 12.8. The number of hydrogen-bond donors (Lipinski definition) is 1. The predicted molar refractivity (Wildman–Crippen MR) is 73.6 cm³/mol. The van der Waals surface area contributed by atoms with Gasteiger partial charge in [-0.15, -0.1) is 0 Å². The fourth-order valence-corrected chi connectivity index (χ4v) is 4.02. The van der Waals surface area contributed by atoms with Gasteiger partial charge in [-0.3, -0.25) is 4.79 Å². The molecule has 2 aliphatic heterocycles. The van der Waals surface area contributed by atoms with Crippen molar-refractivity contribution in [3.63, 3.8) is 0 Å². The van der Waals surface area contributed by atoms with Gasteiger partial charge in [0.1, 0.15) is 0 Å². The van der Waals surface area contributed by atoms with Crippen molar-refractivity contribution in [2.45, 2.75) is 44.3 Å². The van der Waals surface area contributed by atoms with Crippen LogP contribution in [0.5, 0.6) is 0 Å². The number of likely N-dealkylation sites (tertiary alicyclic amines) is 1. The summed E-state index contributed by atoms with van der Waals surface area (Å²) < 4.78 is 0. The highest BCUT2D eigenvalue weighted by Gasteiger charge is 2.42. The molecule has 1 aromatic carbocycles. The van der Waals surface area contributed by atoms with Crippen LogP contribution in [0.1, 0.15) is 30.4 Å². The van der Waals surface area contributed by atoms with E-state index in [1.807, 2.05) is 0 Å². The number of amides is 1. The number of hydrogen-bond acceptors (Lipinski definition) is 2. The van der Waals surface area contributed by atoms with Gasteiger partial charge in [0.05, 0.1) is 6.04 Å². The number of piperidine rings is 1. The highest BCUT2D eigenvalue weighted by molar-refractivity contribution is 5.83. The molecule has 3 atom stereocenters. The third-order valence-corrected chi connectivity index (χ3v) is 5.07. The van der Waals surface area contributed by atoms with E-state index in [1.165, 1.54) is 30.4 Å². The van der Waals surface area contributed by atoms with Crippen LogP contribution in [-0.4, -0.2) is 29.4 Å². The lowest BCUT2D eigenvalue weighted by atomic mass is 9.95. The van der Waals surface area contributed by atoms with Crippen LogP contribution in [-0.2, 0) is 17.8 Å². The van der Waals surface area contributed by atoms with Gasteiger partial charge in [-0.05, 0) is 42.7 Å². The number of carbonyl (C=O) groups is 1. The van der Waals surface area contributed by atoms with Gasteiger partial charge in [-0.2, -0.15) is 0 Å². The molecule has 100 valence electrons. The van der Waals surface area contributed by atoms with Crippen molar-refractivity contribution in [3.8, 4) is 0 Å². The second-order valence-corrected chi connectivity index (χ2v) is 6.23. The van der Waals surface area contributed by atoms with Gasteiger partial charge >= 0.3 is 0 Å². The summed E-state index contributed by atoms with van der Waals surface area (Å²) in [6.07, 6.45) is 4.65. The summed E-state index contributed by atoms with van der Waals surface area (Å²) in [5.74, 6) is 1.12. The molecule has 0 spiro atoms. The molecule has 1 aromatic rings. The second kappa shape index (κ2) is 4.34. The molecule has 2 heterocycles. The Balaban J connectivity index is 1.50. The Morgan fingerprint density at radius 2 is 2.05 bits per heavy atom. The van der Waals surface area contributed by atoms with E-state index in [2.05, 4.69) is 34.5 Å². The first-order valence-electron chi connectivity index (χ1n) is 7.42. The lowest BCUT2D eigenvalue weighted by Gasteiger charge is -2.33. The molecule has 1 saturated heterocycles. The van der Waals surface area contributed by atoms with Crippen LogP contribution in [0.3, 0.4) is 0 Å². The van der Waals surface area contributed by atoms with Crippen LogP contribution in [0.2, 0.25) is 0 Å². The van der Waals surface area contributed by atoms with Crippen molar-refractivity contribution in [2.24, 2.45) is 5.92 Å². The molecule has 1 saturated carbocycles. The number of carbonyl (C=O) groups excluding carboxylic acids is 1. The van der Waals surface area contributed by atoms with Crippen molar-refractivity contribution in [3.05, 3.63) is 35.4 Å². The maximum Gasteiger partial charge on any atom is 0.240 e. The molecule has 3 aliphatic rings. The topological polar surface area (TPSA) is 32.3 Å². The smallest absolute Gasteiger partial charge is 0.240 e. The zero-order valence-electron chi connectivity index (χ0n) is 11.1. The first-order chi connectivity index (χ1) is 9.31. The van der Waals surface area contributed by atoms with E-state index in [0.29, 0.717) is 11.9 Å². The molecule has 3 heteroatoms. The molecule has 2 bridgehead atoms. The first-order valence-corrected chi connectivity index (χ1v) is 7.42. The van der Waals surface area contributed by atoms with Gasteiger partial charge in [-0.25, -0.2) is 0 Å². The summed E-state index contributed by atoms with van der Waals surface area (Å²) in [7, 11) is 0. The van der Waals surface area contributed by atoms with E-state index < -0.39 is 0 Å². The predicted octanol–water partition coefficient (Wildman–Crippen LogP) is 1.71. The van der Waals surface area contributed by atoms with E-state index in [-0.39, 0.29) is 6.04 Å². The minimum atomic E-state index is -0.00532. The van der Waals surface area contributed by atoms with Crippen LogP contribution in [0.25, 0.3) is 0 Å². The third kappa shape index (κ3) is 1.88. The fourth-order valence-electron chi connectivity index (χ4n) is 4.02. The Labute approximate surface area is 114 Å². The Morgan fingerprint density at radius 3 is 2.79 bits per heavy atom. The molecule has 1 N–H and O–H groups in total. The zero-order valence-corrected chi connectivity index (χ0v) is 11.1. The van der Waals surface area contributed by atoms with Crippen LogP contribution in [0.15, 0.2) is 24.3 Å². The maximum atomic E-state index is 12.7. The van der Waals surface area contributed by atoms with Crippen molar-refractivity contribution in [1.82, 2.24) is 10.2 Å². The first kappa shape index (κ1) is 11.5. The average Bonchev–Trinajstić information content (AvgIpc) is 3.08. The third-order valence-electron chi connectivity index (χ3n) is 5.07. The number of fused-ring (bicyclic) bond motifs is 3. The summed E-state index contributed by atoms with van der Waals surface area (Å²) in [6.45, 7) is 1.83. The molecular weight excluding hydrogens is 236 g/mol. The Hall–Kier alpha value is -1.35. The Kier molecular flexibility index (Phi) is 2.62. The van der Waals surface area contributed by atoms with E-state index in [1.54, 1.807) is 0 Å². The number of nitrogens with zero attached hydrogens (tertiary/aromatic N) is 1. The molecule has 0 aromatic heterocycles. The minimum absolute atomic E-state index is 0.00532. The van der Waals surface area contributed by atoms with Crippen LogP contribution in [0.4, 0.5) is 0 Å². The lowest BCUT2D eigenvalue weighted by molar-refractivity contribution is -0.135. The van der Waals surface area contributed by atoms with Crippen molar-refractivity contribution in [1.29, 1.82) is 0 Å². The monoisotopic (exact) mass is 256 g/mol. The average molecular weight is 256 g/mol. The van der Waals surface area contributed by atoms with Crippen molar-refractivity contribution in [2.75, 3.05) is 6.54 Å². The summed E-state index contributed by atoms with van der Waals surface area (Å²) in [4.78, 5) is 14.8. The number of benzene rings is 1. The standard InChI is InChI=1S/C16H20N2O/c19-16(18-10-11-5-6-14(18)7-11)15-8-12-3-1-2-4-13(12)9-17-15/h1-4,11,14-15,17H,5-10H2/t11?,14?,15-/m0/s1. The SMILES string of the molecule is O=C([C@@H]1Cc2ccccc2CN1)N1CC2CCC1C2. The van der Waals surface area contributed by atoms with Gasteiger partial charge in [0, 0.05) is 19.1 Å². The second-order valence-electron chi connectivity index (χ2n) is 6.23. The summed E-state index contributed by atoms with van der Waals surface area (Å²) in [6, 6.07) is 8.99. The van der Waals surface area contributed by atoms with Crippen LogP contribution < -0.4 is 5.32 Å². The van der Waals surface area contributed by atoms with E-state index >= 15 is 0 Å². The highest BCUT2D eigenvalue weighted by atomic mass is 16.2. The van der Waals surface area contributed by atoms with E-state index in [0.717, 1.165) is 25.4 Å². The summed E-state index contributed by atoms with van der Waals surface area (Å²) in [5, 5.41) is 3.42. The van der Waals surface area contributed by atoms with Gasteiger partial charge in [0.15, 0.2) is 0 Å². The molecule has 2 fully saturated rings. The number of nitrogens with one attached hydrogen (secondary N) is 1. The van der Waals surface area contributed by atoms with E-state index in [9.17, 15) is 4.79 Å². The van der Waals surface area contributed by atoms with Gasteiger partial charge < -0.3 is 10.2 Å². The quantitative estimate of drug-likeness (QED) is 0.829. The fraction of sp³-hybridized carbons (Fsp3) is 0.562. The van der Waals surface area contributed by atoms with Gasteiger partial charge in [0.2, 0.25) is 5.91 Å². The van der Waals surface area contributed by atoms with Crippen LogP contribution in [0, 0.1) is 5.92 Å². The molecule has 0 radical (unpaired) electrons. The van der Waals surface area contributed by atoms with Gasteiger partial charge in [0.25, 0.3) is 0 Å². The highest BCUT2D eigenvalue weighted by Crippen LogP contribution is 2.37. The summed E-state index contributed by atoms with van der Waals surface area (Å²) >= 11 is 0.